The lowest BCUT2D eigenvalue weighted by molar-refractivity contribution is -0.133. The smallest absolute Gasteiger partial charge is 0.328 e. The van der Waals surface area contributed by atoms with Gasteiger partial charge >= 0.3 is 6.03 Å². The second-order valence-corrected chi connectivity index (χ2v) is 10.6. The summed E-state index contributed by atoms with van der Waals surface area (Å²) in [4.78, 5) is 36.3. The first kappa shape index (κ1) is 24.2. The van der Waals surface area contributed by atoms with E-state index in [4.69, 9.17) is 16.3 Å². The highest BCUT2D eigenvalue weighted by Crippen LogP contribution is 2.49. The van der Waals surface area contributed by atoms with Crippen LogP contribution in [-0.2, 0) is 16.0 Å². The fourth-order valence-electron chi connectivity index (χ4n) is 6.03. The molecule has 37 heavy (non-hydrogen) atoms. The zero-order chi connectivity index (χ0) is 25.9. The summed E-state index contributed by atoms with van der Waals surface area (Å²) in [5.41, 5.74) is 1.57. The van der Waals surface area contributed by atoms with Gasteiger partial charge in [-0.3, -0.25) is 19.5 Å². The van der Waals surface area contributed by atoms with Gasteiger partial charge in [0.05, 0.1) is 18.2 Å². The monoisotopic (exact) mass is 526 g/mol. The summed E-state index contributed by atoms with van der Waals surface area (Å²) in [6.07, 6.45) is 0.936. The number of imide groups is 1. The molecular weight excluding hydrogens is 499 g/mol. The number of fused-ring (bicyclic) bond motifs is 4. The van der Waals surface area contributed by atoms with E-state index < -0.39 is 17.4 Å². The molecule has 3 aliphatic rings. The summed E-state index contributed by atoms with van der Waals surface area (Å²) in [5.74, 6) is -0.748. The lowest BCUT2D eigenvalue weighted by Gasteiger charge is -2.42. The van der Waals surface area contributed by atoms with Crippen molar-refractivity contribution in [2.24, 2.45) is 0 Å². The van der Waals surface area contributed by atoms with Gasteiger partial charge in [0.1, 0.15) is 23.1 Å². The molecule has 0 spiro atoms. The van der Waals surface area contributed by atoms with Crippen LogP contribution >= 0.6 is 11.6 Å². The fraction of sp³-hybridized carbons (Fsp3) is 0.407. The molecule has 3 aliphatic heterocycles. The number of nitrogens with one attached hydrogen (secondary N) is 1. The van der Waals surface area contributed by atoms with Gasteiger partial charge in [-0.25, -0.2) is 9.18 Å². The van der Waals surface area contributed by atoms with Crippen molar-refractivity contribution in [3.63, 3.8) is 0 Å². The van der Waals surface area contributed by atoms with E-state index in [9.17, 15) is 19.1 Å². The van der Waals surface area contributed by atoms with E-state index >= 15 is 0 Å². The number of hydrogen-bond donors (Lipinski definition) is 2. The van der Waals surface area contributed by atoms with E-state index in [0.29, 0.717) is 43.0 Å². The molecule has 0 saturated carbocycles. The maximum Gasteiger partial charge on any atom is 0.328 e. The van der Waals surface area contributed by atoms with Crippen molar-refractivity contribution >= 4 is 34.4 Å². The molecular formula is C27H28ClFN4O4. The predicted molar refractivity (Wildman–Crippen MR) is 136 cm³/mol. The van der Waals surface area contributed by atoms with E-state index in [0.717, 1.165) is 30.6 Å². The number of halogens is 2. The van der Waals surface area contributed by atoms with Crippen molar-refractivity contribution in [3.8, 4) is 5.75 Å². The zero-order valence-electron chi connectivity index (χ0n) is 20.5. The van der Waals surface area contributed by atoms with Crippen molar-refractivity contribution in [3.05, 3.63) is 64.1 Å². The minimum atomic E-state index is -1.14. The molecule has 194 valence electrons. The average molecular weight is 527 g/mol. The van der Waals surface area contributed by atoms with E-state index in [1.807, 2.05) is 6.07 Å². The summed E-state index contributed by atoms with van der Waals surface area (Å²) in [7, 11) is 0. The van der Waals surface area contributed by atoms with Crippen LogP contribution in [-0.4, -0.2) is 81.7 Å². The lowest BCUT2D eigenvalue weighted by atomic mass is 9.81. The number of hydrogen-bond acceptors (Lipinski definition) is 5. The summed E-state index contributed by atoms with van der Waals surface area (Å²) < 4.78 is 19.7. The minimum Gasteiger partial charge on any atom is -0.508 e. The van der Waals surface area contributed by atoms with Gasteiger partial charge in [-0.1, -0.05) is 23.7 Å². The topological polar surface area (TPSA) is 89.1 Å². The molecule has 2 atom stereocenters. The normalized spacial score (nSPS) is 24.1. The number of amides is 3. The van der Waals surface area contributed by atoms with Crippen LogP contribution in [0.2, 0.25) is 5.02 Å². The molecule has 1 aromatic heterocycles. The fourth-order valence-corrected chi connectivity index (χ4v) is 6.19. The van der Waals surface area contributed by atoms with Crippen LogP contribution in [0.3, 0.4) is 0 Å². The Morgan fingerprint density at radius 3 is 2.73 bits per heavy atom. The zero-order valence-corrected chi connectivity index (χ0v) is 21.2. The Bertz CT molecular complexity index is 1400. The average Bonchev–Trinajstić information content (AvgIpc) is 3.30. The Morgan fingerprint density at radius 2 is 1.97 bits per heavy atom. The first-order valence-corrected chi connectivity index (χ1v) is 12.9. The molecule has 0 aliphatic carbocycles. The SMILES string of the molecule is C[C@@]12Cc3c([nH]c4cc(F)c(Cl)cc34)[C@@H](c3cccc(O)c3)N1C(=O)N(CCCN1CCOCC1)C2=O. The Labute approximate surface area is 218 Å². The van der Waals surface area contributed by atoms with Crippen molar-refractivity contribution < 1.29 is 23.8 Å². The molecule has 0 radical (unpaired) electrons. The maximum atomic E-state index is 14.3. The van der Waals surface area contributed by atoms with Gasteiger partial charge in [-0.2, -0.15) is 0 Å². The third-order valence-corrected chi connectivity index (χ3v) is 8.14. The second kappa shape index (κ2) is 9.01. The highest BCUT2D eigenvalue weighted by Gasteiger charge is 2.60. The highest BCUT2D eigenvalue weighted by molar-refractivity contribution is 6.31. The van der Waals surface area contributed by atoms with Crippen LogP contribution in [0.1, 0.15) is 36.2 Å². The predicted octanol–water partition coefficient (Wildman–Crippen LogP) is 4.06. The van der Waals surface area contributed by atoms with Crippen LogP contribution < -0.4 is 0 Å². The molecule has 2 saturated heterocycles. The van der Waals surface area contributed by atoms with Gasteiger partial charge in [0, 0.05) is 49.2 Å². The highest BCUT2D eigenvalue weighted by atomic mass is 35.5. The van der Waals surface area contributed by atoms with Gasteiger partial charge in [-0.15, -0.1) is 0 Å². The van der Waals surface area contributed by atoms with Gasteiger partial charge in [0.2, 0.25) is 0 Å². The molecule has 3 aromatic rings. The molecule has 6 rings (SSSR count). The number of carbonyl (C=O) groups excluding carboxylic acids is 2. The van der Waals surface area contributed by atoms with Gasteiger partial charge in [0.15, 0.2) is 0 Å². The van der Waals surface area contributed by atoms with E-state index in [1.54, 1.807) is 36.1 Å². The van der Waals surface area contributed by atoms with Gasteiger partial charge in [0.25, 0.3) is 5.91 Å². The van der Waals surface area contributed by atoms with Crippen LogP contribution in [0.25, 0.3) is 10.9 Å². The van der Waals surface area contributed by atoms with Crippen LogP contribution in [0.15, 0.2) is 36.4 Å². The molecule has 2 fully saturated rings. The third kappa shape index (κ3) is 3.88. The van der Waals surface area contributed by atoms with E-state index in [2.05, 4.69) is 9.88 Å². The largest absolute Gasteiger partial charge is 0.508 e. The van der Waals surface area contributed by atoms with Crippen molar-refractivity contribution in [2.75, 3.05) is 39.4 Å². The van der Waals surface area contributed by atoms with E-state index in [1.165, 1.54) is 11.0 Å². The number of benzene rings is 2. The number of aromatic hydroxyl groups is 1. The molecule has 10 heteroatoms. The second-order valence-electron chi connectivity index (χ2n) is 10.2. The summed E-state index contributed by atoms with van der Waals surface area (Å²) >= 11 is 6.13. The van der Waals surface area contributed by atoms with E-state index in [-0.39, 0.29) is 29.1 Å². The van der Waals surface area contributed by atoms with Crippen molar-refractivity contribution in [2.45, 2.75) is 31.3 Å². The summed E-state index contributed by atoms with van der Waals surface area (Å²) in [6, 6.07) is 8.55. The number of H-pyrrole nitrogens is 1. The number of carbonyl (C=O) groups is 2. The number of aromatic nitrogens is 1. The Kier molecular flexibility index (Phi) is 5.89. The summed E-state index contributed by atoms with van der Waals surface area (Å²) in [5, 5.41) is 11.0. The Morgan fingerprint density at radius 1 is 1.19 bits per heavy atom. The number of urea groups is 1. The summed E-state index contributed by atoms with van der Waals surface area (Å²) in [6.45, 7) is 5.96. The molecule has 2 N–H and O–H groups in total. The molecule has 0 unspecified atom stereocenters. The number of phenols is 1. The van der Waals surface area contributed by atoms with Crippen molar-refractivity contribution in [1.82, 2.24) is 19.7 Å². The first-order chi connectivity index (χ1) is 17.8. The Hall–Kier alpha value is -3.14. The van der Waals surface area contributed by atoms with Crippen LogP contribution in [0, 0.1) is 5.82 Å². The number of morpholine rings is 1. The van der Waals surface area contributed by atoms with Crippen LogP contribution in [0.5, 0.6) is 5.75 Å². The van der Waals surface area contributed by atoms with Gasteiger partial charge in [-0.05, 0) is 48.7 Å². The van der Waals surface area contributed by atoms with Gasteiger partial charge < -0.3 is 14.8 Å². The molecule has 8 nitrogen and oxygen atoms in total. The third-order valence-electron chi connectivity index (χ3n) is 7.85. The molecule has 2 aromatic carbocycles. The first-order valence-electron chi connectivity index (χ1n) is 12.5. The number of ether oxygens (including phenoxy) is 1. The minimum absolute atomic E-state index is 0.00523. The standard InChI is InChI=1S/C27H28ClFN4O4/c1-27-15-19-18-13-20(28)21(29)14-22(18)30-23(19)24(16-4-2-5-17(34)12-16)33(27)26(36)32(25(27)35)7-3-6-31-8-10-37-11-9-31/h2,4-5,12-14,24,30,34H,3,6-11,15H2,1H3/t24-,27+/m1/s1. The van der Waals surface area contributed by atoms with Crippen LogP contribution in [0.4, 0.5) is 9.18 Å². The Balaban J connectivity index is 1.40. The quantitative estimate of drug-likeness (QED) is 0.490. The number of rotatable bonds is 5. The molecule has 3 amide bonds. The number of phenolic OH excluding ortho intramolecular Hbond substituents is 1. The van der Waals surface area contributed by atoms with Crippen molar-refractivity contribution in [1.29, 1.82) is 0 Å². The maximum absolute atomic E-state index is 14.3. The number of nitrogens with zero attached hydrogens (tertiary/aromatic N) is 3. The number of aromatic amines is 1. The molecule has 4 heterocycles. The lowest BCUT2D eigenvalue weighted by Crippen LogP contribution is -2.53. The molecule has 0 bridgehead atoms.